The van der Waals surface area contributed by atoms with Gasteiger partial charge in [0.1, 0.15) is 0 Å². The molecule has 1 aliphatic rings. The van der Waals surface area contributed by atoms with Crippen LogP contribution in [0.5, 0.6) is 0 Å². The average molecular weight is 217 g/mol. The smallest absolute Gasteiger partial charge is 0.0404 e. The third kappa shape index (κ3) is 3.26. The van der Waals surface area contributed by atoms with Gasteiger partial charge in [-0.05, 0) is 20.9 Å². The lowest BCUT2D eigenvalue weighted by Gasteiger charge is -2.45. The standard InChI is InChI=1S/C11H21ClN2/c1-11(2)10-14(7-5-4-6-12)9-8-13(11)3/h4-5H,6-10H2,1-3H3/b5-4+. The minimum Gasteiger partial charge on any atom is -0.299 e. The van der Waals surface area contributed by atoms with Crippen molar-refractivity contribution >= 4 is 11.6 Å². The highest BCUT2D eigenvalue weighted by Gasteiger charge is 2.30. The number of allylic oxidation sites excluding steroid dienone is 1. The Labute approximate surface area is 92.5 Å². The number of nitrogens with zero attached hydrogens (tertiary/aromatic N) is 2. The van der Waals surface area contributed by atoms with Crippen LogP contribution in [0, 0.1) is 0 Å². The third-order valence-corrected chi connectivity index (χ3v) is 3.19. The van der Waals surface area contributed by atoms with Crippen molar-refractivity contribution in [2.45, 2.75) is 19.4 Å². The van der Waals surface area contributed by atoms with Gasteiger partial charge in [0.15, 0.2) is 0 Å². The van der Waals surface area contributed by atoms with Crippen molar-refractivity contribution in [3.8, 4) is 0 Å². The largest absolute Gasteiger partial charge is 0.299 e. The molecule has 0 radical (unpaired) electrons. The van der Waals surface area contributed by atoms with Crippen LogP contribution in [0.15, 0.2) is 12.2 Å². The van der Waals surface area contributed by atoms with E-state index < -0.39 is 0 Å². The molecule has 0 amide bonds. The number of piperazine rings is 1. The van der Waals surface area contributed by atoms with Crippen LogP contribution in [0.2, 0.25) is 0 Å². The Bertz CT molecular complexity index is 201. The van der Waals surface area contributed by atoms with Gasteiger partial charge in [-0.3, -0.25) is 9.80 Å². The van der Waals surface area contributed by atoms with E-state index in [1.807, 2.05) is 6.08 Å². The molecule has 2 nitrogen and oxygen atoms in total. The quantitative estimate of drug-likeness (QED) is 0.525. The van der Waals surface area contributed by atoms with Crippen molar-refractivity contribution in [1.29, 1.82) is 0 Å². The van der Waals surface area contributed by atoms with E-state index in [2.05, 4.69) is 36.8 Å². The maximum absolute atomic E-state index is 5.58. The molecule has 0 aromatic carbocycles. The van der Waals surface area contributed by atoms with Gasteiger partial charge in [0.25, 0.3) is 0 Å². The summed E-state index contributed by atoms with van der Waals surface area (Å²) < 4.78 is 0. The van der Waals surface area contributed by atoms with E-state index in [1.54, 1.807) is 0 Å². The van der Waals surface area contributed by atoms with Gasteiger partial charge < -0.3 is 0 Å². The number of rotatable bonds is 3. The van der Waals surface area contributed by atoms with Crippen LogP contribution in [0.4, 0.5) is 0 Å². The molecule has 0 aromatic rings. The van der Waals surface area contributed by atoms with Gasteiger partial charge in [-0.1, -0.05) is 12.2 Å². The summed E-state index contributed by atoms with van der Waals surface area (Å²) in [6, 6.07) is 0. The fourth-order valence-electron chi connectivity index (χ4n) is 1.78. The first kappa shape index (κ1) is 12.0. The van der Waals surface area contributed by atoms with Gasteiger partial charge in [-0.2, -0.15) is 0 Å². The first-order chi connectivity index (χ1) is 6.56. The molecule has 1 fully saturated rings. The van der Waals surface area contributed by atoms with Crippen molar-refractivity contribution in [3.05, 3.63) is 12.2 Å². The first-order valence-electron chi connectivity index (χ1n) is 5.21. The van der Waals surface area contributed by atoms with Crippen LogP contribution >= 0.6 is 11.6 Å². The second-order valence-electron chi connectivity index (χ2n) is 4.59. The van der Waals surface area contributed by atoms with Gasteiger partial charge >= 0.3 is 0 Å². The summed E-state index contributed by atoms with van der Waals surface area (Å²) in [7, 11) is 2.20. The van der Waals surface area contributed by atoms with Crippen LogP contribution in [0.3, 0.4) is 0 Å². The molecule has 0 aromatic heterocycles. The van der Waals surface area contributed by atoms with E-state index in [0.717, 1.165) is 26.2 Å². The highest BCUT2D eigenvalue weighted by Crippen LogP contribution is 2.18. The Hall–Kier alpha value is -0.0500. The van der Waals surface area contributed by atoms with Crippen molar-refractivity contribution in [1.82, 2.24) is 9.80 Å². The normalized spacial score (nSPS) is 24.6. The molecular formula is C11H21ClN2. The van der Waals surface area contributed by atoms with Crippen LogP contribution in [-0.2, 0) is 0 Å². The Morgan fingerprint density at radius 1 is 1.29 bits per heavy atom. The zero-order valence-corrected chi connectivity index (χ0v) is 10.2. The Kier molecular flexibility index (Phi) is 4.42. The number of halogens is 1. The van der Waals surface area contributed by atoms with Gasteiger partial charge in [0.05, 0.1) is 0 Å². The van der Waals surface area contributed by atoms with Crippen molar-refractivity contribution in [3.63, 3.8) is 0 Å². The van der Waals surface area contributed by atoms with E-state index in [9.17, 15) is 0 Å². The molecule has 1 rings (SSSR count). The lowest BCUT2D eigenvalue weighted by Crippen LogP contribution is -2.57. The summed E-state index contributed by atoms with van der Waals surface area (Å²) >= 11 is 5.58. The van der Waals surface area contributed by atoms with Gasteiger partial charge in [-0.25, -0.2) is 0 Å². The second kappa shape index (κ2) is 5.15. The highest BCUT2D eigenvalue weighted by molar-refractivity contribution is 6.18. The van der Waals surface area contributed by atoms with E-state index in [0.29, 0.717) is 11.4 Å². The molecule has 0 N–H and O–H groups in total. The van der Waals surface area contributed by atoms with E-state index >= 15 is 0 Å². The van der Waals surface area contributed by atoms with Crippen LogP contribution < -0.4 is 0 Å². The van der Waals surface area contributed by atoms with Crippen LogP contribution in [0.25, 0.3) is 0 Å². The SMILES string of the molecule is CN1CCN(C/C=C/CCl)CC1(C)C. The van der Waals surface area contributed by atoms with E-state index in [4.69, 9.17) is 11.6 Å². The van der Waals surface area contributed by atoms with Crippen molar-refractivity contribution in [2.75, 3.05) is 39.1 Å². The van der Waals surface area contributed by atoms with Gasteiger partial charge in [0, 0.05) is 37.6 Å². The molecule has 0 spiro atoms. The molecule has 0 unspecified atom stereocenters. The summed E-state index contributed by atoms with van der Waals surface area (Å²) in [5, 5.41) is 0. The molecule has 82 valence electrons. The molecule has 1 saturated heterocycles. The molecule has 0 bridgehead atoms. The monoisotopic (exact) mass is 216 g/mol. The Morgan fingerprint density at radius 3 is 2.57 bits per heavy atom. The zero-order chi connectivity index (χ0) is 10.6. The minimum atomic E-state index is 0.299. The maximum atomic E-state index is 5.58. The average Bonchev–Trinajstić information content (AvgIpc) is 2.11. The third-order valence-electron chi connectivity index (χ3n) is 3.01. The Morgan fingerprint density at radius 2 is 2.00 bits per heavy atom. The minimum absolute atomic E-state index is 0.299. The molecule has 14 heavy (non-hydrogen) atoms. The van der Waals surface area contributed by atoms with Crippen molar-refractivity contribution in [2.24, 2.45) is 0 Å². The Balaban J connectivity index is 2.39. The fraction of sp³-hybridized carbons (Fsp3) is 0.818. The molecule has 0 saturated carbocycles. The molecule has 0 aliphatic carbocycles. The number of hydrogen-bond acceptors (Lipinski definition) is 2. The lowest BCUT2D eigenvalue weighted by atomic mass is 10.00. The summed E-state index contributed by atoms with van der Waals surface area (Å²) in [6.45, 7) is 9.07. The van der Waals surface area contributed by atoms with Crippen LogP contribution in [-0.4, -0.2) is 54.4 Å². The summed E-state index contributed by atoms with van der Waals surface area (Å²) in [4.78, 5) is 4.90. The predicted octanol–water partition coefficient (Wildman–Crippen LogP) is 1.81. The highest BCUT2D eigenvalue weighted by atomic mass is 35.5. The molecule has 1 heterocycles. The van der Waals surface area contributed by atoms with Gasteiger partial charge in [0.2, 0.25) is 0 Å². The first-order valence-corrected chi connectivity index (χ1v) is 5.74. The van der Waals surface area contributed by atoms with Crippen LogP contribution in [0.1, 0.15) is 13.8 Å². The maximum Gasteiger partial charge on any atom is 0.0404 e. The molecular weight excluding hydrogens is 196 g/mol. The second-order valence-corrected chi connectivity index (χ2v) is 4.90. The summed E-state index contributed by atoms with van der Waals surface area (Å²) in [5.41, 5.74) is 0.299. The summed E-state index contributed by atoms with van der Waals surface area (Å²) in [6.07, 6.45) is 4.18. The number of hydrogen-bond donors (Lipinski definition) is 0. The van der Waals surface area contributed by atoms with Crippen molar-refractivity contribution < 1.29 is 0 Å². The van der Waals surface area contributed by atoms with E-state index in [-0.39, 0.29) is 0 Å². The molecule has 0 atom stereocenters. The molecule has 1 aliphatic heterocycles. The topological polar surface area (TPSA) is 6.48 Å². The zero-order valence-electron chi connectivity index (χ0n) is 9.46. The summed E-state index contributed by atoms with van der Waals surface area (Å²) in [5.74, 6) is 0.622. The predicted molar refractivity (Wildman–Crippen MR) is 63.0 cm³/mol. The number of alkyl halides is 1. The lowest BCUT2D eigenvalue weighted by molar-refractivity contribution is 0.0463. The molecule has 3 heteroatoms. The fourth-order valence-corrected chi connectivity index (χ4v) is 1.91. The van der Waals surface area contributed by atoms with E-state index in [1.165, 1.54) is 0 Å². The van der Waals surface area contributed by atoms with Gasteiger partial charge in [-0.15, -0.1) is 11.6 Å². The number of likely N-dealkylation sites (N-methyl/N-ethyl adjacent to an activating group) is 1.